The van der Waals surface area contributed by atoms with Crippen molar-refractivity contribution in [1.29, 1.82) is 0 Å². The summed E-state index contributed by atoms with van der Waals surface area (Å²) in [5, 5.41) is 3.73. The van der Waals surface area contributed by atoms with Crippen LogP contribution in [0.4, 0.5) is 0 Å². The summed E-state index contributed by atoms with van der Waals surface area (Å²) in [7, 11) is 0. The van der Waals surface area contributed by atoms with Gasteiger partial charge in [0.05, 0.1) is 0 Å². The number of benzene rings is 2. The Morgan fingerprint density at radius 2 is 1.48 bits per heavy atom. The minimum Gasteiger partial charge on any atom is -0.356 e. The molecule has 1 amide bonds. The minimum absolute atomic E-state index is 0.0453. The van der Waals surface area contributed by atoms with Gasteiger partial charge in [-0.25, -0.2) is 0 Å². The smallest absolute Gasteiger partial charge is 0.222 e. The molecule has 0 radical (unpaired) electrons. The molecule has 2 aromatic rings. The van der Waals surface area contributed by atoms with Crippen molar-refractivity contribution in [2.75, 3.05) is 6.54 Å². The van der Waals surface area contributed by atoms with Gasteiger partial charge in [-0.3, -0.25) is 4.79 Å². The first-order chi connectivity index (χ1) is 11.0. The molecule has 0 saturated heterocycles. The lowest BCUT2D eigenvalue weighted by atomic mass is 9.95. The van der Waals surface area contributed by atoms with Crippen molar-refractivity contribution >= 4 is 17.5 Å². The molecule has 122 valence electrons. The van der Waals surface area contributed by atoms with Gasteiger partial charge in [-0.15, -0.1) is 0 Å². The molecule has 0 spiro atoms. The molecule has 2 nitrogen and oxygen atoms in total. The first-order valence-electron chi connectivity index (χ1n) is 8.11. The van der Waals surface area contributed by atoms with Crippen molar-refractivity contribution in [2.24, 2.45) is 5.92 Å². The molecule has 0 fully saturated rings. The summed E-state index contributed by atoms with van der Waals surface area (Å²) in [6, 6.07) is 16.5. The second kappa shape index (κ2) is 8.16. The molecule has 0 heterocycles. The van der Waals surface area contributed by atoms with Crippen LogP contribution < -0.4 is 5.32 Å². The molecule has 3 heteroatoms. The summed E-state index contributed by atoms with van der Waals surface area (Å²) < 4.78 is 0. The number of halogens is 1. The number of carbonyl (C=O) groups excluding carboxylic acids is 1. The zero-order chi connectivity index (χ0) is 16.8. The van der Waals surface area contributed by atoms with Crippen LogP contribution in [0.15, 0.2) is 48.5 Å². The van der Waals surface area contributed by atoms with Crippen molar-refractivity contribution in [3.63, 3.8) is 0 Å². The monoisotopic (exact) mass is 329 g/mol. The van der Waals surface area contributed by atoms with Crippen LogP contribution in [0.3, 0.4) is 0 Å². The summed E-state index contributed by atoms with van der Waals surface area (Å²) in [5.41, 5.74) is 3.64. The highest BCUT2D eigenvalue weighted by atomic mass is 35.5. The normalized spacial score (nSPS) is 12.2. The molecule has 0 saturated carbocycles. The largest absolute Gasteiger partial charge is 0.356 e. The molecule has 2 aromatic carbocycles. The number of rotatable bonds is 6. The molecule has 1 unspecified atom stereocenters. The van der Waals surface area contributed by atoms with E-state index in [1.165, 1.54) is 11.1 Å². The Bertz CT molecular complexity index is 632. The van der Waals surface area contributed by atoms with Gasteiger partial charge in [-0.2, -0.15) is 0 Å². The van der Waals surface area contributed by atoms with Crippen LogP contribution in [-0.2, 0) is 4.79 Å². The predicted molar refractivity (Wildman–Crippen MR) is 97.8 cm³/mol. The van der Waals surface area contributed by atoms with Crippen molar-refractivity contribution in [3.05, 3.63) is 59.1 Å². The Morgan fingerprint density at radius 3 is 2.00 bits per heavy atom. The first kappa shape index (κ1) is 17.6. The third-order valence-electron chi connectivity index (χ3n) is 4.06. The topological polar surface area (TPSA) is 29.1 Å². The molecule has 0 aliphatic heterocycles. The summed E-state index contributed by atoms with van der Waals surface area (Å²) >= 11 is 5.93. The Morgan fingerprint density at radius 1 is 0.957 bits per heavy atom. The SMILES string of the molecule is CC(C)C(=O)NCCC(C)c1ccc(-c2ccc(Cl)cc2)cc1. The number of hydrogen-bond acceptors (Lipinski definition) is 1. The van der Waals surface area contributed by atoms with Gasteiger partial charge in [0, 0.05) is 17.5 Å². The molecule has 1 N–H and O–H groups in total. The Kier molecular flexibility index (Phi) is 6.23. The van der Waals surface area contributed by atoms with Gasteiger partial charge in [0.2, 0.25) is 5.91 Å². The van der Waals surface area contributed by atoms with Crippen LogP contribution in [-0.4, -0.2) is 12.5 Å². The zero-order valence-corrected chi connectivity index (χ0v) is 14.7. The summed E-state index contributed by atoms with van der Waals surface area (Å²) in [6.07, 6.45) is 0.943. The van der Waals surface area contributed by atoms with E-state index in [1.807, 2.05) is 38.1 Å². The Hall–Kier alpha value is -1.80. The highest BCUT2D eigenvalue weighted by Gasteiger charge is 2.09. The summed E-state index contributed by atoms with van der Waals surface area (Å²) in [5.74, 6) is 0.584. The van der Waals surface area contributed by atoms with E-state index in [1.54, 1.807) is 0 Å². The maximum absolute atomic E-state index is 11.6. The van der Waals surface area contributed by atoms with Crippen molar-refractivity contribution in [3.8, 4) is 11.1 Å². The predicted octanol–water partition coefficient (Wildman–Crippen LogP) is 5.27. The molecule has 0 aliphatic rings. The van der Waals surface area contributed by atoms with E-state index < -0.39 is 0 Å². The van der Waals surface area contributed by atoms with Gasteiger partial charge in [-0.05, 0) is 41.2 Å². The fraction of sp³-hybridized carbons (Fsp3) is 0.350. The van der Waals surface area contributed by atoms with E-state index in [9.17, 15) is 4.79 Å². The van der Waals surface area contributed by atoms with Gasteiger partial charge < -0.3 is 5.32 Å². The highest BCUT2D eigenvalue weighted by molar-refractivity contribution is 6.30. The number of carbonyl (C=O) groups is 1. The second-order valence-electron chi connectivity index (χ2n) is 6.26. The van der Waals surface area contributed by atoms with Crippen molar-refractivity contribution in [1.82, 2.24) is 5.32 Å². The van der Waals surface area contributed by atoms with E-state index in [0.29, 0.717) is 5.92 Å². The fourth-order valence-corrected chi connectivity index (χ4v) is 2.56. The molecule has 1 atom stereocenters. The second-order valence-corrected chi connectivity index (χ2v) is 6.70. The van der Waals surface area contributed by atoms with Crippen LogP contribution in [0.1, 0.15) is 38.7 Å². The summed E-state index contributed by atoms with van der Waals surface area (Å²) in [6.45, 7) is 6.73. The lowest BCUT2D eigenvalue weighted by molar-refractivity contribution is -0.123. The van der Waals surface area contributed by atoms with E-state index >= 15 is 0 Å². The molecule has 2 rings (SSSR count). The maximum atomic E-state index is 11.6. The van der Waals surface area contributed by atoms with Crippen molar-refractivity contribution in [2.45, 2.75) is 33.1 Å². The molecule has 0 aromatic heterocycles. The van der Waals surface area contributed by atoms with E-state index in [4.69, 9.17) is 11.6 Å². The molecule has 23 heavy (non-hydrogen) atoms. The third kappa shape index (κ3) is 5.11. The number of nitrogens with one attached hydrogen (secondary N) is 1. The van der Waals surface area contributed by atoms with E-state index in [2.05, 4.69) is 36.5 Å². The van der Waals surface area contributed by atoms with Gasteiger partial charge in [0.25, 0.3) is 0 Å². The van der Waals surface area contributed by atoms with E-state index in [0.717, 1.165) is 23.6 Å². The lowest BCUT2D eigenvalue weighted by Gasteiger charge is -2.14. The van der Waals surface area contributed by atoms with Crippen LogP contribution in [0, 0.1) is 5.92 Å². The lowest BCUT2D eigenvalue weighted by Crippen LogP contribution is -2.29. The first-order valence-corrected chi connectivity index (χ1v) is 8.49. The maximum Gasteiger partial charge on any atom is 0.222 e. The van der Waals surface area contributed by atoms with Crippen LogP contribution in [0.5, 0.6) is 0 Å². The quantitative estimate of drug-likeness (QED) is 0.768. The van der Waals surface area contributed by atoms with Crippen molar-refractivity contribution < 1.29 is 4.79 Å². The fourth-order valence-electron chi connectivity index (χ4n) is 2.43. The summed E-state index contributed by atoms with van der Waals surface area (Å²) in [4.78, 5) is 11.6. The van der Waals surface area contributed by atoms with E-state index in [-0.39, 0.29) is 11.8 Å². The standard InChI is InChI=1S/C20H24ClNO/c1-14(2)20(23)22-13-12-15(3)16-4-6-17(7-5-16)18-8-10-19(21)11-9-18/h4-11,14-15H,12-13H2,1-3H3,(H,22,23). The molecular formula is C20H24ClNO. The zero-order valence-electron chi connectivity index (χ0n) is 14.0. The number of hydrogen-bond donors (Lipinski definition) is 1. The molecule has 0 bridgehead atoms. The minimum atomic E-state index is 0.0453. The van der Waals surface area contributed by atoms with Gasteiger partial charge >= 0.3 is 0 Å². The van der Waals surface area contributed by atoms with Gasteiger partial charge in [0.1, 0.15) is 0 Å². The molecular weight excluding hydrogens is 306 g/mol. The van der Waals surface area contributed by atoms with Crippen LogP contribution in [0.25, 0.3) is 11.1 Å². The number of amides is 1. The highest BCUT2D eigenvalue weighted by Crippen LogP contribution is 2.25. The van der Waals surface area contributed by atoms with Crippen LogP contribution in [0.2, 0.25) is 5.02 Å². The average molecular weight is 330 g/mol. The third-order valence-corrected chi connectivity index (χ3v) is 4.31. The van der Waals surface area contributed by atoms with Gasteiger partial charge in [-0.1, -0.05) is 68.8 Å². The Labute approximate surface area is 143 Å². The average Bonchev–Trinajstić information content (AvgIpc) is 2.55. The van der Waals surface area contributed by atoms with Crippen LogP contribution >= 0.6 is 11.6 Å². The molecule has 0 aliphatic carbocycles. The van der Waals surface area contributed by atoms with Gasteiger partial charge in [0.15, 0.2) is 0 Å². The Balaban J connectivity index is 1.93.